The average molecular weight is 363 g/mol. The van der Waals surface area contributed by atoms with Gasteiger partial charge in [0.1, 0.15) is 12.4 Å². The average Bonchev–Trinajstić information content (AvgIpc) is 3.00. The van der Waals surface area contributed by atoms with Crippen LogP contribution in [0.1, 0.15) is 31.9 Å². The third-order valence-corrected chi connectivity index (χ3v) is 3.68. The van der Waals surface area contributed by atoms with Gasteiger partial charge in [0.25, 0.3) is 0 Å². The van der Waals surface area contributed by atoms with Crippen molar-refractivity contribution in [3.05, 3.63) is 41.5 Å². The molecule has 0 saturated heterocycles. The summed E-state index contributed by atoms with van der Waals surface area (Å²) in [6, 6.07) is 6.53. The van der Waals surface area contributed by atoms with Crippen LogP contribution in [0.3, 0.4) is 0 Å². The Balaban J connectivity index is 2.17. The molecule has 0 radical (unpaired) electrons. The van der Waals surface area contributed by atoms with Crippen LogP contribution >= 0.6 is 0 Å². The quantitative estimate of drug-likeness (QED) is 0.618. The maximum Gasteiger partial charge on any atom is 0.411 e. The zero-order valence-corrected chi connectivity index (χ0v) is 15.5. The summed E-state index contributed by atoms with van der Waals surface area (Å²) in [6.07, 6.45) is 0.942. The molecule has 0 unspecified atom stereocenters. The van der Waals surface area contributed by atoms with Crippen LogP contribution in [0, 0.1) is 0 Å². The number of carbonyl (C=O) groups is 2. The molecule has 26 heavy (non-hydrogen) atoms. The Morgan fingerprint density at radius 2 is 2.04 bits per heavy atom. The highest BCUT2D eigenvalue weighted by molar-refractivity contribution is 5.89. The molecule has 0 aromatic heterocycles. The van der Waals surface area contributed by atoms with E-state index in [-0.39, 0.29) is 13.3 Å². The molecule has 1 aromatic rings. The fraction of sp³-hybridized carbons (Fsp3) is 0.474. The fourth-order valence-electron chi connectivity index (χ4n) is 2.61. The number of carbonyl (C=O) groups excluding carboxylic acids is 1. The molecule has 2 rings (SSSR count). The summed E-state index contributed by atoms with van der Waals surface area (Å²) in [6.45, 7) is 5.99. The molecular formula is C19H25NO6. The normalized spacial score (nSPS) is 17.2. The van der Waals surface area contributed by atoms with Gasteiger partial charge in [-0.2, -0.15) is 0 Å². The summed E-state index contributed by atoms with van der Waals surface area (Å²) >= 11 is 0. The van der Waals surface area contributed by atoms with Crippen LogP contribution in [-0.2, 0) is 25.6 Å². The molecule has 1 aliphatic heterocycles. The van der Waals surface area contributed by atoms with E-state index in [4.69, 9.17) is 14.2 Å². The highest BCUT2D eigenvalue weighted by Gasteiger charge is 2.36. The molecular weight excluding hydrogens is 338 g/mol. The Morgan fingerprint density at radius 3 is 2.65 bits per heavy atom. The number of carboxylic acids is 1. The molecule has 1 N–H and O–H groups in total. The Labute approximate surface area is 153 Å². The number of carboxylic acid groups (broad SMARTS) is 1. The van der Waals surface area contributed by atoms with E-state index in [0.717, 1.165) is 16.7 Å². The van der Waals surface area contributed by atoms with Gasteiger partial charge in [-0.3, -0.25) is 4.90 Å². The smallest absolute Gasteiger partial charge is 0.411 e. The summed E-state index contributed by atoms with van der Waals surface area (Å²) < 4.78 is 15.5. The Kier molecular flexibility index (Phi) is 6.39. The van der Waals surface area contributed by atoms with Crippen LogP contribution in [0.15, 0.2) is 30.3 Å². The van der Waals surface area contributed by atoms with E-state index < -0.39 is 23.7 Å². The van der Waals surface area contributed by atoms with E-state index in [1.54, 1.807) is 34.0 Å². The van der Waals surface area contributed by atoms with Crippen molar-refractivity contribution in [2.75, 3.05) is 20.4 Å². The zero-order chi connectivity index (χ0) is 19.3. The number of methoxy groups -OCH3 is 1. The van der Waals surface area contributed by atoms with E-state index >= 15 is 0 Å². The number of benzene rings is 1. The molecule has 142 valence electrons. The van der Waals surface area contributed by atoms with Crippen molar-refractivity contribution in [1.29, 1.82) is 0 Å². The number of rotatable bonds is 6. The molecule has 1 aliphatic rings. The van der Waals surface area contributed by atoms with Gasteiger partial charge in [-0.15, -0.1) is 0 Å². The van der Waals surface area contributed by atoms with Crippen molar-refractivity contribution in [3.8, 4) is 0 Å². The first kappa shape index (κ1) is 19.9. The molecule has 0 spiro atoms. The van der Waals surface area contributed by atoms with Crippen LogP contribution in [0.5, 0.6) is 0 Å². The molecule has 0 saturated carbocycles. The lowest BCUT2D eigenvalue weighted by atomic mass is 10.0. The molecule has 7 nitrogen and oxygen atoms in total. The van der Waals surface area contributed by atoms with Crippen molar-refractivity contribution in [3.63, 3.8) is 0 Å². The Bertz CT molecular complexity index is 692. The van der Waals surface area contributed by atoms with E-state index in [1.807, 2.05) is 24.3 Å². The first-order chi connectivity index (χ1) is 12.2. The van der Waals surface area contributed by atoms with Gasteiger partial charge in [0.15, 0.2) is 6.04 Å². The molecule has 7 heteroatoms. The standard InChI is InChI=1S/C19H25NO6/c1-19(2,3)26-18(23)20-10-15(9-16(20)17(21)22)14-7-5-6-13(8-14)11-25-12-24-4/h5-9,16H,10-12H2,1-4H3,(H,21,22)/t16-/m1/s1. The number of aliphatic carboxylic acids is 1. The van der Waals surface area contributed by atoms with Crippen molar-refractivity contribution < 1.29 is 28.9 Å². The van der Waals surface area contributed by atoms with Gasteiger partial charge in [0.2, 0.25) is 0 Å². The van der Waals surface area contributed by atoms with E-state index in [2.05, 4.69) is 0 Å². The van der Waals surface area contributed by atoms with Crippen LogP contribution in [0.25, 0.3) is 5.57 Å². The van der Waals surface area contributed by atoms with Crippen LogP contribution in [0.4, 0.5) is 4.79 Å². The van der Waals surface area contributed by atoms with Crippen molar-refractivity contribution in [2.45, 2.75) is 39.0 Å². The summed E-state index contributed by atoms with van der Waals surface area (Å²) in [7, 11) is 1.55. The van der Waals surface area contributed by atoms with E-state index in [1.165, 1.54) is 4.90 Å². The first-order valence-electron chi connectivity index (χ1n) is 8.30. The zero-order valence-electron chi connectivity index (χ0n) is 15.5. The van der Waals surface area contributed by atoms with E-state index in [0.29, 0.717) is 6.61 Å². The topological polar surface area (TPSA) is 85.3 Å². The van der Waals surface area contributed by atoms with Gasteiger partial charge in [0, 0.05) is 7.11 Å². The number of hydrogen-bond acceptors (Lipinski definition) is 5. The number of amides is 1. The predicted octanol–water partition coefficient (Wildman–Crippen LogP) is 2.89. The van der Waals surface area contributed by atoms with Gasteiger partial charge in [-0.25, -0.2) is 9.59 Å². The second-order valence-electron chi connectivity index (χ2n) is 7.04. The van der Waals surface area contributed by atoms with Crippen molar-refractivity contribution in [2.24, 2.45) is 0 Å². The second-order valence-corrected chi connectivity index (χ2v) is 7.04. The highest BCUT2D eigenvalue weighted by atomic mass is 16.7. The summed E-state index contributed by atoms with van der Waals surface area (Å²) in [5.74, 6) is -1.09. The van der Waals surface area contributed by atoms with Crippen LogP contribution in [-0.4, -0.2) is 54.2 Å². The van der Waals surface area contributed by atoms with Gasteiger partial charge >= 0.3 is 12.1 Å². The minimum Gasteiger partial charge on any atom is -0.479 e. The number of ether oxygens (including phenoxy) is 3. The summed E-state index contributed by atoms with van der Waals surface area (Å²) in [5, 5.41) is 9.47. The van der Waals surface area contributed by atoms with Crippen LogP contribution in [0.2, 0.25) is 0 Å². The molecule has 0 bridgehead atoms. The molecule has 1 amide bonds. The largest absolute Gasteiger partial charge is 0.479 e. The molecule has 0 aliphatic carbocycles. The summed E-state index contributed by atoms with van der Waals surface area (Å²) in [5.41, 5.74) is 1.85. The lowest BCUT2D eigenvalue weighted by molar-refractivity contribution is -0.140. The van der Waals surface area contributed by atoms with E-state index in [9.17, 15) is 14.7 Å². The lowest BCUT2D eigenvalue weighted by Gasteiger charge is -2.27. The highest BCUT2D eigenvalue weighted by Crippen LogP contribution is 2.27. The maximum atomic E-state index is 12.4. The second kappa shape index (κ2) is 8.33. The monoisotopic (exact) mass is 363 g/mol. The van der Waals surface area contributed by atoms with Crippen LogP contribution < -0.4 is 0 Å². The van der Waals surface area contributed by atoms with Crippen molar-refractivity contribution >= 4 is 17.6 Å². The third kappa shape index (κ3) is 5.31. The Morgan fingerprint density at radius 1 is 1.31 bits per heavy atom. The SMILES string of the molecule is COCOCc1cccc(C2=C[C@H](C(=O)O)N(C(=O)OC(C)(C)C)C2)c1. The lowest BCUT2D eigenvalue weighted by Crippen LogP contribution is -2.43. The van der Waals surface area contributed by atoms with Gasteiger partial charge < -0.3 is 19.3 Å². The fourth-order valence-corrected chi connectivity index (χ4v) is 2.61. The van der Waals surface area contributed by atoms with Gasteiger partial charge in [0.05, 0.1) is 13.2 Å². The maximum absolute atomic E-state index is 12.4. The minimum absolute atomic E-state index is 0.175. The third-order valence-electron chi connectivity index (χ3n) is 3.68. The Hall–Kier alpha value is -2.38. The number of hydrogen-bond donors (Lipinski definition) is 1. The minimum atomic E-state index is -1.09. The van der Waals surface area contributed by atoms with Crippen molar-refractivity contribution in [1.82, 2.24) is 4.90 Å². The molecule has 0 fully saturated rings. The number of nitrogens with zero attached hydrogens (tertiary/aromatic N) is 1. The van der Waals surface area contributed by atoms with Gasteiger partial charge in [-0.05, 0) is 49.6 Å². The molecule has 1 atom stereocenters. The molecule has 1 aromatic carbocycles. The molecule has 1 heterocycles. The predicted molar refractivity (Wildman–Crippen MR) is 95.4 cm³/mol. The van der Waals surface area contributed by atoms with Gasteiger partial charge in [-0.1, -0.05) is 18.2 Å². The first-order valence-corrected chi connectivity index (χ1v) is 8.30. The summed E-state index contributed by atoms with van der Waals surface area (Å²) in [4.78, 5) is 25.2.